The number of hydrogen-bond acceptors (Lipinski definition) is 15. The maximum Gasteiger partial charge on any atom is 0.472 e. The van der Waals surface area contributed by atoms with Crippen LogP contribution >= 0.6 is 15.6 Å². The van der Waals surface area contributed by atoms with Crippen molar-refractivity contribution in [2.45, 2.75) is 369 Å². The molecular formula is C71H138O17P2. The lowest BCUT2D eigenvalue weighted by Crippen LogP contribution is -2.30. The van der Waals surface area contributed by atoms with Crippen LogP contribution in [0.4, 0.5) is 0 Å². The highest BCUT2D eigenvalue weighted by molar-refractivity contribution is 7.47. The Hall–Kier alpha value is -1.94. The van der Waals surface area contributed by atoms with Crippen molar-refractivity contribution in [2.24, 2.45) is 23.7 Å². The highest BCUT2D eigenvalue weighted by Gasteiger charge is 2.30. The van der Waals surface area contributed by atoms with E-state index in [4.69, 9.17) is 37.0 Å². The van der Waals surface area contributed by atoms with Gasteiger partial charge in [-0.2, -0.15) is 0 Å². The number of ether oxygens (including phenoxy) is 4. The van der Waals surface area contributed by atoms with E-state index < -0.39 is 97.5 Å². The van der Waals surface area contributed by atoms with Gasteiger partial charge in [0.25, 0.3) is 0 Å². The van der Waals surface area contributed by atoms with Gasteiger partial charge in [-0.1, -0.05) is 299 Å². The molecule has 534 valence electrons. The highest BCUT2D eigenvalue weighted by Crippen LogP contribution is 2.45. The zero-order valence-electron chi connectivity index (χ0n) is 58.8. The molecule has 0 bridgehead atoms. The average molecular weight is 1330 g/mol. The van der Waals surface area contributed by atoms with Gasteiger partial charge in [0.2, 0.25) is 0 Å². The molecule has 0 aliphatic heterocycles. The minimum Gasteiger partial charge on any atom is -0.462 e. The molecule has 4 unspecified atom stereocenters. The summed E-state index contributed by atoms with van der Waals surface area (Å²) in [5.41, 5.74) is 0. The van der Waals surface area contributed by atoms with Crippen molar-refractivity contribution in [3.8, 4) is 0 Å². The summed E-state index contributed by atoms with van der Waals surface area (Å²) in [6.45, 7) is 14.1. The summed E-state index contributed by atoms with van der Waals surface area (Å²) in [6, 6.07) is 0. The molecule has 0 rings (SSSR count). The van der Waals surface area contributed by atoms with E-state index in [1.165, 1.54) is 148 Å². The molecule has 0 aliphatic carbocycles. The first-order valence-electron chi connectivity index (χ1n) is 36.8. The van der Waals surface area contributed by atoms with Crippen molar-refractivity contribution in [3.05, 3.63) is 0 Å². The van der Waals surface area contributed by atoms with E-state index in [9.17, 15) is 43.2 Å². The molecule has 0 spiro atoms. The predicted molar refractivity (Wildman–Crippen MR) is 363 cm³/mol. The Morgan fingerprint density at radius 1 is 0.311 bits per heavy atom. The van der Waals surface area contributed by atoms with Gasteiger partial charge in [0, 0.05) is 25.7 Å². The number of carbonyl (C=O) groups is 4. The van der Waals surface area contributed by atoms with Crippen molar-refractivity contribution in [3.63, 3.8) is 0 Å². The number of aliphatic hydroxyl groups excluding tert-OH is 1. The molecule has 90 heavy (non-hydrogen) atoms. The van der Waals surface area contributed by atoms with Crippen LogP contribution in [0, 0.1) is 23.7 Å². The molecule has 0 amide bonds. The molecule has 0 aromatic heterocycles. The molecule has 0 aliphatic rings. The third kappa shape index (κ3) is 62.2. The van der Waals surface area contributed by atoms with Crippen LogP contribution < -0.4 is 0 Å². The fourth-order valence-electron chi connectivity index (χ4n) is 10.6. The lowest BCUT2D eigenvalue weighted by atomic mass is 9.99. The number of carbonyl (C=O) groups excluding carboxylic acids is 4. The van der Waals surface area contributed by atoms with Crippen molar-refractivity contribution >= 4 is 39.5 Å². The molecule has 3 N–H and O–H groups in total. The minimum absolute atomic E-state index is 0.103. The third-order valence-corrected chi connectivity index (χ3v) is 18.9. The largest absolute Gasteiger partial charge is 0.472 e. The second-order valence-corrected chi connectivity index (χ2v) is 30.0. The summed E-state index contributed by atoms with van der Waals surface area (Å²) in [5.74, 6) is 0.890. The number of hydrogen-bond donors (Lipinski definition) is 3. The molecule has 0 fully saturated rings. The second-order valence-electron chi connectivity index (χ2n) is 27.1. The Balaban J connectivity index is 5.23. The fraction of sp³-hybridized carbons (Fsp3) is 0.944. The van der Waals surface area contributed by atoms with Crippen molar-refractivity contribution in [1.29, 1.82) is 0 Å². The van der Waals surface area contributed by atoms with Crippen LogP contribution in [0.3, 0.4) is 0 Å². The van der Waals surface area contributed by atoms with Gasteiger partial charge in [0.05, 0.1) is 26.4 Å². The van der Waals surface area contributed by atoms with Gasteiger partial charge in [-0.25, -0.2) is 9.13 Å². The van der Waals surface area contributed by atoms with Crippen LogP contribution in [0.15, 0.2) is 0 Å². The zero-order valence-corrected chi connectivity index (χ0v) is 60.6. The van der Waals surface area contributed by atoms with Crippen LogP contribution in [-0.2, 0) is 65.4 Å². The average Bonchev–Trinajstić information content (AvgIpc) is 2.78. The summed E-state index contributed by atoms with van der Waals surface area (Å²) in [7, 11) is -9.90. The standard InChI is InChI=1S/C71H138O17P2/c1-9-63(7)49-41-33-25-17-15-13-11-12-14-16-18-27-37-45-53-70(75)87-67(58-82-69(74)52-44-36-30-29-34-42-50-64(8)10-2)60-86-90(79,80)84-56-65(72)55-83-89(77,78)85-59-66(88-71(76)54-46-38-28-22-20-24-32-40-48-62(5)6)57-81-68(73)51-43-35-26-21-19-23-31-39-47-61(3)4/h61-67,72H,9-60H2,1-8H3,(H,77,78)(H,79,80)/t63?,64?,65-,66-,67-/m1/s1. The van der Waals surface area contributed by atoms with Crippen molar-refractivity contribution in [1.82, 2.24) is 0 Å². The maximum absolute atomic E-state index is 13.0. The molecule has 0 saturated carbocycles. The summed E-state index contributed by atoms with van der Waals surface area (Å²) in [4.78, 5) is 72.5. The van der Waals surface area contributed by atoms with E-state index in [-0.39, 0.29) is 25.7 Å². The summed E-state index contributed by atoms with van der Waals surface area (Å²) >= 11 is 0. The molecule has 7 atom stereocenters. The van der Waals surface area contributed by atoms with Gasteiger partial charge >= 0.3 is 39.5 Å². The summed E-state index contributed by atoms with van der Waals surface area (Å²) in [5, 5.41) is 10.6. The Labute approximate surface area is 549 Å². The number of phosphoric acid groups is 2. The normalized spacial score (nSPS) is 14.9. The smallest absolute Gasteiger partial charge is 0.462 e. The van der Waals surface area contributed by atoms with Gasteiger partial charge < -0.3 is 33.8 Å². The van der Waals surface area contributed by atoms with E-state index in [2.05, 4.69) is 55.4 Å². The number of aliphatic hydroxyl groups is 1. The van der Waals surface area contributed by atoms with E-state index in [1.54, 1.807) is 0 Å². The molecule has 0 saturated heterocycles. The van der Waals surface area contributed by atoms with Crippen LogP contribution in [-0.4, -0.2) is 96.7 Å². The second kappa shape index (κ2) is 60.7. The fourth-order valence-corrected chi connectivity index (χ4v) is 12.2. The van der Waals surface area contributed by atoms with Crippen LogP contribution in [0.2, 0.25) is 0 Å². The molecule has 0 radical (unpaired) electrons. The number of esters is 4. The topological polar surface area (TPSA) is 237 Å². The van der Waals surface area contributed by atoms with Crippen LogP contribution in [0.5, 0.6) is 0 Å². The molecule has 19 heteroatoms. The van der Waals surface area contributed by atoms with Crippen molar-refractivity contribution in [2.75, 3.05) is 39.6 Å². The van der Waals surface area contributed by atoms with Gasteiger partial charge in [0.1, 0.15) is 19.3 Å². The molecular weight excluding hydrogens is 1190 g/mol. The SMILES string of the molecule is CCC(C)CCCCCCCCCCCCCCCCC(=O)O[C@H](COC(=O)CCCCCCCCC(C)CC)COP(=O)(O)OC[C@H](O)COP(=O)(O)OC[C@@H](COC(=O)CCCCCCCCCCC(C)C)OC(=O)CCCCCCCCCCC(C)C. The lowest BCUT2D eigenvalue weighted by Gasteiger charge is -2.21. The lowest BCUT2D eigenvalue weighted by molar-refractivity contribution is -0.161. The van der Waals surface area contributed by atoms with E-state index in [0.717, 1.165) is 120 Å². The summed E-state index contributed by atoms with van der Waals surface area (Å²) < 4.78 is 68.3. The summed E-state index contributed by atoms with van der Waals surface area (Å²) in [6.07, 6.45) is 43.1. The van der Waals surface area contributed by atoms with Crippen molar-refractivity contribution < 1.29 is 80.2 Å². The first kappa shape index (κ1) is 88.1. The van der Waals surface area contributed by atoms with E-state index >= 15 is 0 Å². The molecule has 0 aromatic rings. The molecule has 0 aromatic carbocycles. The first-order chi connectivity index (χ1) is 43.2. The van der Waals surface area contributed by atoms with E-state index in [1.807, 2.05) is 0 Å². The van der Waals surface area contributed by atoms with Crippen LogP contribution in [0.25, 0.3) is 0 Å². The third-order valence-electron chi connectivity index (χ3n) is 17.0. The van der Waals surface area contributed by atoms with Crippen LogP contribution in [0.1, 0.15) is 351 Å². The zero-order chi connectivity index (χ0) is 66.8. The molecule has 17 nitrogen and oxygen atoms in total. The quantitative estimate of drug-likeness (QED) is 0.0222. The van der Waals surface area contributed by atoms with Gasteiger partial charge in [-0.15, -0.1) is 0 Å². The van der Waals surface area contributed by atoms with Gasteiger partial charge in [0.15, 0.2) is 12.2 Å². The predicted octanol–water partition coefficient (Wildman–Crippen LogP) is 20.1. The number of unbranched alkanes of at least 4 members (excludes halogenated alkanes) is 32. The highest BCUT2D eigenvalue weighted by atomic mass is 31.2. The Morgan fingerprint density at radius 3 is 0.789 bits per heavy atom. The maximum atomic E-state index is 13.0. The Morgan fingerprint density at radius 2 is 0.533 bits per heavy atom. The monoisotopic (exact) mass is 1320 g/mol. The van der Waals surface area contributed by atoms with Gasteiger partial charge in [-0.05, 0) is 49.4 Å². The molecule has 0 heterocycles. The minimum atomic E-state index is -4.95. The first-order valence-corrected chi connectivity index (χ1v) is 39.8. The number of rotatable bonds is 68. The Kier molecular flexibility index (Phi) is 59.4. The van der Waals surface area contributed by atoms with Gasteiger partial charge in [-0.3, -0.25) is 37.3 Å². The Bertz CT molecular complexity index is 1790. The van der Waals surface area contributed by atoms with E-state index in [0.29, 0.717) is 25.7 Å². The number of phosphoric ester groups is 2.